The average molecular weight is 509 g/mol. The molecule has 212 valence electrons. The van der Waals surface area contributed by atoms with Gasteiger partial charge in [-0.15, -0.1) is 0 Å². The van der Waals surface area contributed by atoms with Gasteiger partial charge in [-0.25, -0.2) is 9.59 Å². The lowest BCUT2D eigenvalue weighted by Crippen LogP contribution is -2.08. The summed E-state index contributed by atoms with van der Waals surface area (Å²) in [6, 6.07) is 0. The molecule has 0 aromatic carbocycles. The molecule has 0 amide bonds. The first-order valence-electron chi connectivity index (χ1n) is 15.2. The van der Waals surface area contributed by atoms with E-state index in [4.69, 9.17) is 9.84 Å². The summed E-state index contributed by atoms with van der Waals surface area (Å²) in [5.41, 5.74) is 0.666. The van der Waals surface area contributed by atoms with Gasteiger partial charge in [-0.1, -0.05) is 155 Å². The van der Waals surface area contributed by atoms with E-state index < -0.39 is 5.97 Å². The van der Waals surface area contributed by atoms with E-state index >= 15 is 0 Å². The molecule has 4 heteroatoms. The van der Waals surface area contributed by atoms with Crippen molar-refractivity contribution in [2.24, 2.45) is 0 Å². The summed E-state index contributed by atoms with van der Waals surface area (Å²) in [6.07, 6.45) is 30.7. The highest BCUT2D eigenvalue weighted by molar-refractivity contribution is 5.87. The van der Waals surface area contributed by atoms with Crippen LogP contribution in [0.25, 0.3) is 0 Å². The molecule has 36 heavy (non-hydrogen) atoms. The van der Waals surface area contributed by atoms with E-state index in [9.17, 15) is 9.59 Å². The summed E-state index contributed by atoms with van der Waals surface area (Å²) in [7, 11) is 0. The van der Waals surface area contributed by atoms with Crippen molar-refractivity contribution in [3.63, 3.8) is 0 Å². The highest BCUT2D eigenvalue weighted by Crippen LogP contribution is 2.15. The summed E-state index contributed by atoms with van der Waals surface area (Å²) >= 11 is 0. The van der Waals surface area contributed by atoms with Crippen molar-refractivity contribution in [1.29, 1.82) is 0 Å². The molecule has 0 radical (unpaired) electrons. The highest BCUT2D eigenvalue weighted by atomic mass is 16.5. The number of hydrogen-bond acceptors (Lipinski definition) is 3. The molecular formula is C32H60O4. The smallest absolute Gasteiger partial charge is 0.333 e. The summed E-state index contributed by atoms with van der Waals surface area (Å²) in [4.78, 5) is 21.3. The minimum absolute atomic E-state index is 0.168. The van der Waals surface area contributed by atoms with Crippen LogP contribution in [0.15, 0.2) is 24.8 Å². The van der Waals surface area contributed by atoms with Crippen LogP contribution >= 0.6 is 0 Å². The van der Waals surface area contributed by atoms with Crippen LogP contribution in [0.4, 0.5) is 0 Å². The van der Waals surface area contributed by atoms with E-state index in [0.29, 0.717) is 12.2 Å². The molecule has 4 nitrogen and oxygen atoms in total. The quantitative estimate of drug-likeness (QED) is 0.0717. The number of rotatable bonds is 26. The van der Waals surface area contributed by atoms with Crippen LogP contribution in [-0.4, -0.2) is 23.7 Å². The van der Waals surface area contributed by atoms with Gasteiger partial charge in [0, 0.05) is 11.6 Å². The third kappa shape index (κ3) is 32.4. The molecule has 0 heterocycles. The van der Waals surface area contributed by atoms with Crippen LogP contribution in [0.3, 0.4) is 0 Å². The lowest BCUT2D eigenvalue weighted by atomic mass is 10.0. The molecule has 0 unspecified atom stereocenters. The van der Waals surface area contributed by atoms with Crippen LogP contribution in [0.1, 0.15) is 162 Å². The average Bonchev–Trinajstić information content (AvgIpc) is 2.87. The second kappa shape index (κ2) is 31.4. The van der Waals surface area contributed by atoms with Gasteiger partial charge >= 0.3 is 11.9 Å². The molecule has 1 N–H and O–H groups in total. The Hall–Kier alpha value is -1.58. The minimum Gasteiger partial charge on any atom is -0.478 e. The van der Waals surface area contributed by atoms with Gasteiger partial charge in [0.05, 0.1) is 6.61 Å². The Balaban J connectivity index is 0. The largest absolute Gasteiger partial charge is 0.478 e. The van der Waals surface area contributed by atoms with Crippen molar-refractivity contribution in [3.8, 4) is 0 Å². The van der Waals surface area contributed by atoms with Gasteiger partial charge in [-0.2, -0.15) is 0 Å². The van der Waals surface area contributed by atoms with Gasteiger partial charge in [0.2, 0.25) is 0 Å². The normalized spacial score (nSPS) is 10.4. The Labute approximate surface area is 224 Å². The van der Waals surface area contributed by atoms with Crippen molar-refractivity contribution in [2.75, 3.05) is 6.61 Å². The van der Waals surface area contributed by atoms with Crippen molar-refractivity contribution in [3.05, 3.63) is 24.8 Å². The first kappa shape index (κ1) is 36.6. The van der Waals surface area contributed by atoms with Crippen molar-refractivity contribution in [2.45, 2.75) is 162 Å². The maximum atomic E-state index is 12.0. The molecule has 0 rings (SSSR count). The standard InChI is InChI=1S/C29H56O2.C3H4O2/c1-4-6-8-10-12-14-16-17-18-20-22-24-26-28(3)29(30)31-27-25-23-21-19-15-13-11-9-7-5-2;1-2-3(4)5/h3-27H2,1-2H3;2H,1H2,(H,4,5). The number of aliphatic carboxylic acids is 1. The van der Waals surface area contributed by atoms with Crippen LogP contribution in [-0.2, 0) is 14.3 Å². The third-order valence-corrected chi connectivity index (χ3v) is 6.53. The molecule has 0 spiro atoms. The maximum absolute atomic E-state index is 12.0. The molecule has 0 saturated carbocycles. The monoisotopic (exact) mass is 508 g/mol. The maximum Gasteiger partial charge on any atom is 0.333 e. The molecule has 0 aromatic rings. The predicted octanol–water partition coefficient (Wildman–Crippen LogP) is 10.4. The summed E-state index contributed by atoms with van der Waals surface area (Å²) in [6.45, 7) is 12.0. The van der Waals surface area contributed by atoms with E-state index in [1.54, 1.807) is 0 Å². The first-order valence-corrected chi connectivity index (χ1v) is 15.2. The zero-order chi connectivity index (χ0) is 27.1. The summed E-state index contributed by atoms with van der Waals surface area (Å²) < 4.78 is 5.39. The van der Waals surface area contributed by atoms with Crippen molar-refractivity contribution >= 4 is 11.9 Å². The fraction of sp³-hybridized carbons (Fsp3) is 0.812. The lowest BCUT2D eigenvalue weighted by Gasteiger charge is -2.07. The van der Waals surface area contributed by atoms with Gasteiger partial charge in [0.15, 0.2) is 0 Å². The highest BCUT2D eigenvalue weighted by Gasteiger charge is 2.07. The van der Waals surface area contributed by atoms with Gasteiger partial charge in [0.25, 0.3) is 0 Å². The second-order valence-electron chi connectivity index (χ2n) is 10.1. The molecule has 0 aliphatic carbocycles. The topological polar surface area (TPSA) is 63.6 Å². The summed E-state index contributed by atoms with van der Waals surface area (Å²) in [5, 5.41) is 7.60. The second-order valence-corrected chi connectivity index (χ2v) is 10.1. The van der Waals surface area contributed by atoms with E-state index in [1.807, 2.05) is 0 Å². The number of carbonyl (C=O) groups excluding carboxylic acids is 1. The van der Waals surface area contributed by atoms with Gasteiger partial charge in [-0.3, -0.25) is 0 Å². The van der Waals surface area contributed by atoms with Crippen LogP contribution < -0.4 is 0 Å². The number of unbranched alkanes of at least 4 members (excludes halogenated alkanes) is 20. The SMILES string of the molecule is C=C(CCCCCCCCCCCCCC)C(=O)OCCCCCCCCCCCC.C=CC(=O)O. The van der Waals surface area contributed by atoms with Gasteiger partial charge < -0.3 is 9.84 Å². The van der Waals surface area contributed by atoms with E-state index in [2.05, 4.69) is 27.0 Å². The molecule has 0 aliphatic rings. The number of hydrogen-bond donors (Lipinski definition) is 1. The van der Waals surface area contributed by atoms with Gasteiger partial charge in [-0.05, 0) is 19.3 Å². The van der Waals surface area contributed by atoms with E-state index in [1.165, 1.54) is 128 Å². The Bertz CT molecular complexity index is 512. The first-order chi connectivity index (χ1) is 17.5. The van der Waals surface area contributed by atoms with Gasteiger partial charge in [0.1, 0.15) is 0 Å². The number of esters is 1. The Morgan fingerprint density at radius 3 is 1.25 bits per heavy atom. The molecular weight excluding hydrogens is 448 g/mol. The Kier molecular flexibility index (Phi) is 32.0. The molecule has 0 saturated heterocycles. The summed E-state index contributed by atoms with van der Waals surface area (Å²) in [5.74, 6) is -1.15. The van der Waals surface area contributed by atoms with E-state index in [-0.39, 0.29) is 5.97 Å². The number of ether oxygens (including phenoxy) is 1. The Morgan fingerprint density at radius 1 is 0.611 bits per heavy atom. The van der Waals surface area contributed by atoms with Crippen LogP contribution in [0.2, 0.25) is 0 Å². The Morgan fingerprint density at radius 2 is 0.917 bits per heavy atom. The zero-order valence-electron chi connectivity index (χ0n) is 24.1. The van der Waals surface area contributed by atoms with Crippen molar-refractivity contribution in [1.82, 2.24) is 0 Å². The van der Waals surface area contributed by atoms with E-state index in [0.717, 1.165) is 25.3 Å². The fourth-order valence-corrected chi connectivity index (χ4v) is 4.14. The fourth-order valence-electron chi connectivity index (χ4n) is 4.14. The zero-order valence-corrected chi connectivity index (χ0v) is 24.1. The van der Waals surface area contributed by atoms with Crippen LogP contribution in [0.5, 0.6) is 0 Å². The molecule has 0 aromatic heterocycles. The number of carbonyl (C=O) groups is 2. The molecule has 0 bridgehead atoms. The number of carboxylic acid groups (broad SMARTS) is 1. The van der Waals surface area contributed by atoms with Crippen molar-refractivity contribution < 1.29 is 19.4 Å². The third-order valence-electron chi connectivity index (χ3n) is 6.53. The lowest BCUT2D eigenvalue weighted by molar-refractivity contribution is -0.139. The predicted molar refractivity (Wildman–Crippen MR) is 155 cm³/mol. The van der Waals surface area contributed by atoms with Crippen LogP contribution in [0, 0.1) is 0 Å². The minimum atomic E-state index is -0.981. The number of carboxylic acids is 1. The molecule has 0 aliphatic heterocycles. The molecule has 0 atom stereocenters. The molecule has 0 fully saturated rings.